The average molecular weight is 793 g/mol. The number of hydrogen-bond donors (Lipinski definition) is 0. The maximum Gasteiger partial charge on any atom is 0.306 e. The number of allylic oxidation sites excluding steroid dienone is 14. The van der Waals surface area contributed by atoms with Crippen LogP contribution in [-0.2, 0) is 28.6 Å². The van der Waals surface area contributed by atoms with Gasteiger partial charge in [0.05, 0.1) is 0 Å². The van der Waals surface area contributed by atoms with E-state index in [2.05, 4.69) is 93.7 Å². The molecular weight excluding hydrogens is 709 g/mol. The molecular formula is C51H84O6. The highest BCUT2D eigenvalue weighted by Crippen LogP contribution is 2.13. The Kier molecular flexibility index (Phi) is 42.6. The Balaban J connectivity index is 4.51. The number of esters is 3. The minimum atomic E-state index is -0.818. The Morgan fingerprint density at radius 1 is 0.368 bits per heavy atom. The first kappa shape index (κ1) is 53.6. The summed E-state index contributed by atoms with van der Waals surface area (Å²) >= 11 is 0. The molecule has 0 aliphatic heterocycles. The summed E-state index contributed by atoms with van der Waals surface area (Å²) in [5.41, 5.74) is 0. The summed E-state index contributed by atoms with van der Waals surface area (Å²) in [6.07, 6.45) is 57.2. The first-order valence-electron chi connectivity index (χ1n) is 23.1. The molecule has 324 valence electrons. The zero-order valence-corrected chi connectivity index (χ0v) is 36.8. The first-order valence-corrected chi connectivity index (χ1v) is 23.1. The van der Waals surface area contributed by atoms with Crippen molar-refractivity contribution in [2.75, 3.05) is 13.2 Å². The Morgan fingerprint density at radius 2 is 0.719 bits per heavy atom. The quantitative estimate of drug-likeness (QED) is 0.0266. The Labute approximate surface area is 350 Å². The maximum absolute atomic E-state index is 12.7. The van der Waals surface area contributed by atoms with Gasteiger partial charge in [0.25, 0.3) is 0 Å². The van der Waals surface area contributed by atoms with Crippen LogP contribution in [0.2, 0.25) is 0 Å². The molecule has 0 saturated carbocycles. The van der Waals surface area contributed by atoms with Gasteiger partial charge in [0.15, 0.2) is 6.10 Å². The van der Waals surface area contributed by atoms with Crippen molar-refractivity contribution >= 4 is 17.9 Å². The van der Waals surface area contributed by atoms with Crippen LogP contribution < -0.4 is 0 Å². The van der Waals surface area contributed by atoms with Crippen LogP contribution in [-0.4, -0.2) is 37.2 Å². The first-order chi connectivity index (χ1) is 28.0. The van der Waals surface area contributed by atoms with Gasteiger partial charge in [-0.15, -0.1) is 0 Å². The lowest BCUT2D eigenvalue weighted by Crippen LogP contribution is -2.30. The second-order valence-electron chi connectivity index (χ2n) is 14.9. The lowest BCUT2D eigenvalue weighted by atomic mass is 10.1. The third-order valence-electron chi connectivity index (χ3n) is 9.41. The van der Waals surface area contributed by atoms with E-state index < -0.39 is 12.1 Å². The molecule has 0 rings (SSSR count). The van der Waals surface area contributed by atoms with Crippen LogP contribution in [0.4, 0.5) is 0 Å². The highest BCUT2D eigenvalue weighted by atomic mass is 16.6. The van der Waals surface area contributed by atoms with Crippen molar-refractivity contribution < 1.29 is 28.6 Å². The lowest BCUT2D eigenvalue weighted by molar-refractivity contribution is -0.166. The van der Waals surface area contributed by atoms with Crippen LogP contribution in [0, 0.1) is 0 Å². The van der Waals surface area contributed by atoms with Gasteiger partial charge >= 0.3 is 17.9 Å². The van der Waals surface area contributed by atoms with E-state index in [0.717, 1.165) is 103 Å². The largest absolute Gasteiger partial charge is 0.462 e. The predicted molar refractivity (Wildman–Crippen MR) is 242 cm³/mol. The van der Waals surface area contributed by atoms with Crippen molar-refractivity contribution in [3.63, 3.8) is 0 Å². The van der Waals surface area contributed by atoms with E-state index in [9.17, 15) is 14.4 Å². The van der Waals surface area contributed by atoms with E-state index in [1.54, 1.807) is 0 Å². The summed E-state index contributed by atoms with van der Waals surface area (Å²) < 4.78 is 16.6. The molecule has 6 nitrogen and oxygen atoms in total. The zero-order chi connectivity index (χ0) is 41.5. The van der Waals surface area contributed by atoms with Crippen molar-refractivity contribution in [3.8, 4) is 0 Å². The molecule has 0 spiro atoms. The Hall–Kier alpha value is -3.41. The van der Waals surface area contributed by atoms with E-state index in [1.807, 2.05) is 12.2 Å². The zero-order valence-electron chi connectivity index (χ0n) is 36.8. The fourth-order valence-electron chi connectivity index (χ4n) is 6.00. The number of carbonyl (C=O) groups is 3. The van der Waals surface area contributed by atoms with E-state index in [0.29, 0.717) is 19.3 Å². The third-order valence-corrected chi connectivity index (χ3v) is 9.41. The fraction of sp³-hybridized carbons (Fsp3) is 0.667. The van der Waals surface area contributed by atoms with E-state index in [1.165, 1.54) is 51.4 Å². The van der Waals surface area contributed by atoms with E-state index >= 15 is 0 Å². The minimum Gasteiger partial charge on any atom is -0.462 e. The smallest absolute Gasteiger partial charge is 0.306 e. The molecule has 0 N–H and O–H groups in total. The van der Waals surface area contributed by atoms with Crippen molar-refractivity contribution in [2.24, 2.45) is 0 Å². The summed E-state index contributed by atoms with van der Waals surface area (Å²) in [5.74, 6) is -1.02. The minimum absolute atomic E-state index is 0.110. The van der Waals surface area contributed by atoms with Crippen molar-refractivity contribution in [1.29, 1.82) is 0 Å². The standard InChI is InChI=1S/C51H84O6/c1-4-7-10-13-16-19-22-24-25-27-29-32-35-38-41-44-50(53)56-47-48(46-55-49(52)43-40-37-34-31-28-21-18-15-12-9-6-3)57-51(54)45-42-39-36-33-30-26-23-20-17-14-11-8-5-2/h7-8,10-11,16-17,19-20,24-26,30,36,39,48H,4-6,9,12-15,18,21-23,27-29,31-35,37-38,40-47H2,1-3H3/b10-7-,11-8-,19-16-,20-17-,25-24-,30-26-,39-36-. The average Bonchev–Trinajstić information content (AvgIpc) is 3.21. The van der Waals surface area contributed by atoms with Crippen LogP contribution in [0.25, 0.3) is 0 Å². The molecule has 0 saturated heterocycles. The van der Waals surface area contributed by atoms with E-state index in [-0.39, 0.29) is 31.6 Å². The molecule has 0 amide bonds. The molecule has 0 aromatic heterocycles. The van der Waals surface area contributed by atoms with Crippen LogP contribution in [0.3, 0.4) is 0 Å². The summed E-state index contributed by atoms with van der Waals surface area (Å²) in [5, 5.41) is 0. The predicted octanol–water partition coefficient (Wildman–Crippen LogP) is 14.9. The molecule has 6 heteroatoms. The number of unbranched alkanes of at least 4 members (excludes halogenated alkanes) is 15. The molecule has 0 bridgehead atoms. The molecule has 0 fully saturated rings. The second kappa shape index (κ2) is 45.3. The summed E-state index contributed by atoms with van der Waals surface area (Å²) in [7, 11) is 0. The number of ether oxygens (including phenoxy) is 3. The fourth-order valence-corrected chi connectivity index (χ4v) is 6.00. The normalized spacial score (nSPS) is 12.8. The maximum atomic E-state index is 12.7. The molecule has 1 unspecified atom stereocenters. The van der Waals surface area contributed by atoms with Gasteiger partial charge < -0.3 is 14.2 Å². The van der Waals surface area contributed by atoms with Gasteiger partial charge in [-0.3, -0.25) is 14.4 Å². The van der Waals surface area contributed by atoms with Crippen LogP contribution in [0.5, 0.6) is 0 Å². The summed E-state index contributed by atoms with van der Waals surface area (Å²) in [6.45, 7) is 6.30. The summed E-state index contributed by atoms with van der Waals surface area (Å²) in [4.78, 5) is 37.7. The Bertz CT molecular complexity index is 1140. The molecule has 0 heterocycles. The molecule has 0 aliphatic rings. The molecule has 57 heavy (non-hydrogen) atoms. The number of rotatable bonds is 40. The van der Waals surface area contributed by atoms with Gasteiger partial charge in [0, 0.05) is 19.3 Å². The highest BCUT2D eigenvalue weighted by molar-refractivity contribution is 5.71. The van der Waals surface area contributed by atoms with Gasteiger partial charge in [0.1, 0.15) is 13.2 Å². The van der Waals surface area contributed by atoms with Gasteiger partial charge in [0.2, 0.25) is 0 Å². The molecule has 0 aromatic carbocycles. The summed E-state index contributed by atoms with van der Waals surface area (Å²) in [6, 6.07) is 0. The van der Waals surface area contributed by atoms with E-state index in [4.69, 9.17) is 14.2 Å². The third kappa shape index (κ3) is 43.6. The number of hydrogen-bond acceptors (Lipinski definition) is 6. The molecule has 0 radical (unpaired) electrons. The van der Waals surface area contributed by atoms with Crippen LogP contribution in [0.1, 0.15) is 201 Å². The molecule has 0 aliphatic carbocycles. The molecule has 0 aromatic rings. The molecule has 1 atom stereocenters. The van der Waals surface area contributed by atoms with Crippen molar-refractivity contribution in [1.82, 2.24) is 0 Å². The van der Waals surface area contributed by atoms with Gasteiger partial charge in [-0.1, -0.05) is 189 Å². The topological polar surface area (TPSA) is 78.9 Å². The Morgan fingerprint density at radius 3 is 1.14 bits per heavy atom. The monoisotopic (exact) mass is 793 g/mol. The highest BCUT2D eigenvalue weighted by Gasteiger charge is 2.19. The lowest BCUT2D eigenvalue weighted by Gasteiger charge is -2.18. The van der Waals surface area contributed by atoms with Crippen molar-refractivity contribution in [2.45, 2.75) is 207 Å². The van der Waals surface area contributed by atoms with Gasteiger partial charge in [-0.2, -0.15) is 0 Å². The van der Waals surface area contributed by atoms with Crippen LogP contribution in [0.15, 0.2) is 85.1 Å². The second-order valence-corrected chi connectivity index (χ2v) is 14.9. The van der Waals surface area contributed by atoms with Gasteiger partial charge in [-0.05, 0) is 77.0 Å². The van der Waals surface area contributed by atoms with Gasteiger partial charge in [-0.25, -0.2) is 0 Å². The SMILES string of the molecule is CC/C=C\C/C=C\C/C=C\C/C=C\CCC(=O)OC(COC(=O)CCCCCCC/C=C\C/C=C\C/C=C\CC)COC(=O)CCCCCCCCCCCCC. The van der Waals surface area contributed by atoms with Crippen LogP contribution >= 0.6 is 0 Å². The number of carbonyl (C=O) groups excluding carboxylic acids is 3. The van der Waals surface area contributed by atoms with Crippen molar-refractivity contribution in [3.05, 3.63) is 85.1 Å².